The van der Waals surface area contributed by atoms with Crippen LogP contribution in [0.15, 0.2) is 41.8 Å². The Morgan fingerprint density at radius 3 is 2.32 bits per heavy atom. The Morgan fingerprint density at radius 1 is 0.880 bits per heavy atom. The lowest BCUT2D eigenvalue weighted by Crippen LogP contribution is -2.46. The molecule has 0 spiro atoms. The molecular formula is C19H21N5S. The molecule has 1 aliphatic heterocycles. The van der Waals surface area contributed by atoms with Crippen LogP contribution in [0.25, 0.3) is 11.3 Å². The molecule has 0 aliphatic carbocycles. The van der Waals surface area contributed by atoms with Crippen LogP contribution in [0.1, 0.15) is 11.5 Å². The second-order valence-electron chi connectivity index (χ2n) is 6.27. The molecule has 0 saturated carbocycles. The van der Waals surface area contributed by atoms with Gasteiger partial charge in [-0.15, -0.1) is 11.3 Å². The van der Waals surface area contributed by atoms with Crippen molar-refractivity contribution in [2.24, 2.45) is 0 Å². The third kappa shape index (κ3) is 3.49. The maximum atomic E-state index is 4.83. The fraction of sp³-hybridized carbons (Fsp3) is 0.316. The predicted octanol–water partition coefficient (Wildman–Crippen LogP) is 3.54. The van der Waals surface area contributed by atoms with Crippen molar-refractivity contribution < 1.29 is 0 Å². The summed E-state index contributed by atoms with van der Waals surface area (Å²) in [6, 6.07) is 12.4. The zero-order chi connectivity index (χ0) is 17.2. The Kier molecular flexibility index (Phi) is 4.36. The van der Waals surface area contributed by atoms with Gasteiger partial charge in [0.05, 0.1) is 5.69 Å². The fourth-order valence-electron chi connectivity index (χ4n) is 3.14. The molecule has 3 aromatic rings. The fourth-order valence-corrected chi connectivity index (χ4v) is 4.03. The largest absolute Gasteiger partial charge is 0.353 e. The van der Waals surface area contributed by atoms with E-state index in [0.29, 0.717) is 0 Å². The van der Waals surface area contributed by atoms with Gasteiger partial charge in [-0.3, -0.25) is 0 Å². The summed E-state index contributed by atoms with van der Waals surface area (Å²) in [7, 11) is 0. The summed E-state index contributed by atoms with van der Waals surface area (Å²) in [5.41, 5.74) is 3.26. The number of thiazole rings is 1. The number of nitrogens with zero attached hydrogens (tertiary/aromatic N) is 5. The minimum atomic E-state index is 0.838. The number of anilines is 2. The first-order chi connectivity index (χ1) is 12.2. The lowest BCUT2D eigenvalue weighted by Gasteiger charge is -2.35. The highest BCUT2D eigenvalue weighted by molar-refractivity contribution is 7.14. The Labute approximate surface area is 152 Å². The monoisotopic (exact) mass is 351 g/mol. The van der Waals surface area contributed by atoms with Crippen LogP contribution in [0.4, 0.5) is 10.9 Å². The van der Waals surface area contributed by atoms with Crippen molar-refractivity contribution in [3.05, 3.63) is 53.3 Å². The first kappa shape index (κ1) is 16.0. The van der Waals surface area contributed by atoms with Gasteiger partial charge < -0.3 is 9.80 Å². The van der Waals surface area contributed by atoms with Gasteiger partial charge in [-0.25, -0.2) is 15.0 Å². The number of benzene rings is 1. The molecule has 4 rings (SSSR count). The third-order valence-corrected chi connectivity index (χ3v) is 5.29. The Hall–Kier alpha value is -2.47. The maximum absolute atomic E-state index is 4.83. The van der Waals surface area contributed by atoms with E-state index >= 15 is 0 Å². The normalized spacial score (nSPS) is 14.8. The quantitative estimate of drug-likeness (QED) is 0.722. The molecule has 0 radical (unpaired) electrons. The number of piperazine rings is 1. The van der Waals surface area contributed by atoms with Gasteiger partial charge in [0.25, 0.3) is 0 Å². The number of hydrogen-bond donors (Lipinski definition) is 0. The highest BCUT2D eigenvalue weighted by Gasteiger charge is 2.21. The molecule has 1 aliphatic rings. The van der Waals surface area contributed by atoms with Gasteiger partial charge in [-0.1, -0.05) is 30.3 Å². The van der Waals surface area contributed by atoms with Crippen LogP contribution in [0.3, 0.4) is 0 Å². The van der Waals surface area contributed by atoms with E-state index < -0.39 is 0 Å². The number of aromatic nitrogens is 3. The molecular weight excluding hydrogens is 330 g/mol. The van der Waals surface area contributed by atoms with E-state index in [2.05, 4.69) is 55.5 Å². The molecule has 128 valence electrons. The van der Waals surface area contributed by atoms with Gasteiger partial charge in [0.1, 0.15) is 11.6 Å². The van der Waals surface area contributed by atoms with Crippen LogP contribution in [-0.2, 0) is 0 Å². The average molecular weight is 351 g/mol. The Balaban J connectivity index is 1.45. The summed E-state index contributed by atoms with van der Waals surface area (Å²) in [4.78, 5) is 18.5. The topological polar surface area (TPSA) is 45.2 Å². The van der Waals surface area contributed by atoms with Gasteiger partial charge in [-0.05, 0) is 13.8 Å². The molecule has 0 amide bonds. The summed E-state index contributed by atoms with van der Waals surface area (Å²) in [5.74, 6) is 1.87. The van der Waals surface area contributed by atoms with Crippen molar-refractivity contribution >= 4 is 22.3 Å². The zero-order valence-electron chi connectivity index (χ0n) is 14.5. The van der Waals surface area contributed by atoms with Crippen LogP contribution in [0, 0.1) is 13.8 Å². The van der Waals surface area contributed by atoms with Crippen molar-refractivity contribution in [3.63, 3.8) is 0 Å². The minimum Gasteiger partial charge on any atom is -0.353 e. The van der Waals surface area contributed by atoms with Crippen molar-refractivity contribution in [1.29, 1.82) is 0 Å². The van der Waals surface area contributed by atoms with Gasteiger partial charge in [0.2, 0.25) is 0 Å². The lowest BCUT2D eigenvalue weighted by atomic mass is 10.2. The van der Waals surface area contributed by atoms with Crippen LogP contribution >= 0.6 is 11.3 Å². The van der Waals surface area contributed by atoms with Crippen molar-refractivity contribution in [3.8, 4) is 11.3 Å². The molecule has 0 bridgehead atoms. The SMILES string of the molecule is Cc1cc(N2CCN(c3nc(-c4ccccc4)cs3)CC2)nc(C)n1. The zero-order valence-corrected chi connectivity index (χ0v) is 15.3. The summed E-state index contributed by atoms with van der Waals surface area (Å²) in [6.45, 7) is 7.81. The summed E-state index contributed by atoms with van der Waals surface area (Å²) < 4.78 is 0. The van der Waals surface area contributed by atoms with Crippen molar-refractivity contribution in [2.75, 3.05) is 36.0 Å². The predicted molar refractivity (Wildman–Crippen MR) is 103 cm³/mol. The van der Waals surface area contributed by atoms with E-state index in [-0.39, 0.29) is 0 Å². The molecule has 25 heavy (non-hydrogen) atoms. The van der Waals surface area contributed by atoms with Gasteiger partial charge in [-0.2, -0.15) is 0 Å². The van der Waals surface area contributed by atoms with Gasteiger partial charge in [0, 0.05) is 48.9 Å². The molecule has 1 aromatic carbocycles. The second-order valence-corrected chi connectivity index (χ2v) is 7.11. The molecule has 0 N–H and O–H groups in total. The molecule has 1 fully saturated rings. The number of hydrogen-bond acceptors (Lipinski definition) is 6. The van der Waals surface area contributed by atoms with Crippen molar-refractivity contribution in [1.82, 2.24) is 15.0 Å². The van der Waals surface area contributed by atoms with E-state index in [1.807, 2.05) is 19.9 Å². The van der Waals surface area contributed by atoms with Crippen molar-refractivity contribution in [2.45, 2.75) is 13.8 Å². The summed E-state index contributed by atoms with van der Waals surface area (Å²) >= 11 is 1.72. The molecule has 0 unspecified atom stereocenters. The molecule has 3 heterocycles. The van der Waals surface area contributed by atoms with E-state index in [1.165, 1.54) is 5.56 Å². The van der Waals surface area contributed by atoms with E-state index in [1.54, 1.807) is 11.3 Å². The highest BCUT2D eigenvalue weighted by Crippen LogP contribution is 2.28. The molecule has 1 saturated heterocycles. The molecule has 2 aromatic heterocycles. The van der Waals surface area contributed by atoms with E-state index in [0.717, 1.165) is 54.3 Å². The molecule has 5 nitrogen and oxygen atoms in total. The lowest BCUT2D eigenvalue weighted by molar-refractivity contribution is 0.644. The Bertz CT molecular complexity index is 833. The van der Waals surface area contributed by atoms with Crippen LogP contribution in [0.5, 0.6) is 0 Å². The van der Waals surface area contributed by atoms with E-state index in [9.17, 15) is 0 Å². The molecule has 6 heteroatoms. The summed E-state index contributed by atoms with van der Waals surface area (Å²) in [6.07, 6.45) is 0. The first-order valence-electron chi connectivity index (χ1n) is 8.52. The highest BCUT2D eigenvalue weighted by atomic mass is 32.1. The third-order valence-electron chi connectivity index (χ3n) is 4.39. The van der Waals surface area contributed by atoms with Gasteiger partial charge >= 0.3 is 0 Å². The number of aryl methyl sites for hydroxylation is 2. The van der Waals surface area contributed by atoms with Crippen LogP contribution < -0.4 is 9.80 Å². The van der Waals surface area contributed by atoms with Crippen LogP contribution in [-0.4, -0.2) is 41.1 Å². The second kappa shape index (κ2) is 6.80. The minimum absolute atomic E-state index is 0.838. The van der Waals surface area contributed by atoms with Gasteiger partial charge in [0.15, 0.2) is 5.13 Å². The Morgan fingerprint density at radius 2 is 1.60 bits per heavy atom. The first-order valence-corrected chi connectivity index (χ1v) is 9.40. The molecule has 0 atom stereocenters. The summed E-state index contributed by atoms with van der Waals surface area (Å²) in [5, 5.41) is 3.25. The van der Waals surface area contributed by atoms with E-state index in [4.69, 9.17) is 4.98 Å². The maximum Gasteiger partial charge on any atom is 0.185 e. The number of rotatable bonds is 3. The van der Waals surface area contributed by atoms with Crippen LogP contribution in [0.2, 0.25) is 0 Å². The smallest absolute Gasteiger partial charge is 0.185 e. The standard InChI is InChI=1S/C19H21N5S/c1-14-12-18(21-15(2)20-14)23-8-10-24(11-9-23)19-22-17(13-25-19)16-6-4-3-5-7-16/h3-7,12-13H,8-11H2,1-2H3. The average Bonchev–Trinajstić information content (AvgIpc) is 3.12.